The second-order valence-electron chi connectivity index (χ2n) is 9.01. The molecule has 1 heterocycles. The van der Waals surface area contributed by atoms with Crippen molar-refractivity contribution >= 4 is 47.5 Å². The molecule has 1 aromatic rings. The molecule has 1 aromatic carbocycles. The maximum atomic E-state index is 12.2. The van der Waals surface area contributed by atoms with E-state index in [1.165, 1.54) is 12.8 Å². The average Bonchev–Trinajstić information content (AvgIpc) is 2.80. The topological polar surface area (TPSA) is 88.1 Å². The maximum absolute atomic E-state index is 12.2. The summed E-state index contributed by atoms with van der Waals surface area (Å²) in [6.07, 6.45) is 9.20. The monoisotopic (exact) mass is 467 g/mol. The van der Waals surface area contributed by atoms with Crippen LogP contribution in [0.4, 0.5) is 0 Å². The summed E-state index contributed by atoms with van der Waals surface area (Å²) >= 11 is 0. The third-order valence-corrected chi connectivity index (χ3v) is 6.58. The Hall–Kier alpha value is -1.54. The van der Waals surface area contributed by atoms with Crippen LogP contribution in [0.25, 0.3) is 6.08 Å². The molecule has 0 unspecified atom stereocenters. The van der Waals surface area contributed by atoms with Crippen LogP contribution < -0.4 is 14.8 Å². The summed E-state index contributed by atoms with van der Waals surface area (Å²) in [5.74, 6) is 1.07. The molecular weight excluding hydrogens is 431 g/mol. The van der Waals surface area contributed by atoms with E-state index in [0.717, 1.165) is 44.0 Å². The zero-order valence-corrected chi connectivity index (χ0v) is 22.2. The zero-order valence-electron chi connectivity index (χ0n) is 20.2. The Bertz CT molecular complexity index is 800. The molecule has 1 amide bonds. The van der Waals surface area contributed by atoms with E-state index in [1.807, 2.05) is 18.2 Å². The molecule has 1 radical (unpaired) electrons. The zero-order chi connectivity index (χ0) is 22.9. The number of nitrogens with one attached hydrogen (secondary N) is 1. The minimum atomic E-state index is -0.694. The van der Waals surface area contributed by atoms with E-state index in [-0.39, 0.29) is 47.4 Å². The van der Waals surface area contributed by atoms with Crippen LogP contribution in [0.1, 0.15) is 51.0 Å². The van der Waals surface area contributed by atoms with Gasteiger partial charge in [-0.05, 0) is 81.3 Å². The Balaban J connectivity index is 0.00000385. The van der Waals surface area contributed by atoms with E-state index >= 15 is 0 Å². The van der Waals surface area contributed by atoms with Gasteiger partial charge in [-0.3, -0.25) is 14.5 Å². The number of nitrogens with zero attached hydrogens (tertiary/aromatic N) is 1. The largest absolute Gasteiger partial charge is 0.493 e. The van der Waals surface area contributed by atoms with E-state index in [9.17, 15) is 9.59 Å². The summed E-state index contributed by atoms with van der Waals surface area (Å²) in [5, 5.41) is 12.2. The molecule has 2 fully saturated rings. The smallest absolute Gasteiger partial charge is 0.306 e. The molecule has 1 aliphatic carbocycles. The van der Waals surface area contributed by atoms with Crippen LogP contribution in [0, 0.1) is 11.8 Å². The van der Waals surface area contributed by atoms with Gasteiger partial charge in [-0.1, -0.05) is 13.0 Å². The van der Waals surface area contributed by atoms with Gasteiger partial charge in [-0.25, -0.2) is 0 Å². The number of carbonyl (C=O) groups is 2. The first-order chi connectivity index (χ1) is 15.4. The average molecular weight is 468 g/mol. The van der Waals surface area contributed by atoms with Gasteiger partial charge >= 0.3 is 5.97 Å². The number of rotatable bonds is 9. The van der Waals surface area contributed by atoms with Crippen LogP contribution in [0.3, 0.4) is 0 Å². The molecule has 0 bridgehead atoms. The Morgan fingerprint density at radius 1 is 1.12 bits per heavy atom. The Labute approximate surface area is 219 Å². The summed E-state index contributed by atoms with van der Waals surface area (Å²) in [6.45, 7) is 5.08. The molecule has 2 aliphatic rings. The molecule has 1 saturated heterocycles. The predicted octanol–water partition coefficient (Wildman–Crippen LogP) is 3.20. The van der Waals surface area contributed by atoms with Crippen molar-refractivity contribution in [3.63, 3.8) is 0 Å². The van der Waals surface area contributed by atoms with E-state index in [1.54, 1.807) is 19.3 Å². The van der Waals surface area contributed by atoms with Gasteiger partial charge in [0.15, 0.2) is 11.5 Å². The van der Waals surface area contributed by atoms with Gasteiger partial charge in [0.1, 0.15) is 6.61 Å². The number of hydrogen-bond donors (Lipinski definition) is 2. The van der Waals surface area contributed by atoms with Gasteiger partial charge in [-0.15, -0.1) is 0 Å². The van der Waals surface area contributed by atoms with Gasteiger partial charge in [0, 0.05) is 48.2 Å². The Morgan fingerprint density at radius 3 is 2.45 bits per heavy atom. The number of carboxylic acid groups (broad SMARTS) is 1. The van der Waals surface area contributed by atoms with Crippen molar-refractivity contribution in [1.82, 2.24) is 10.2 Å². The summed E-state index contributed by atoms with van der Waals surface area (Å²) in [4.78, 5) is 25.5. The van der Waals surface area contributed by atoms with Crippen molar-refractivity contribution in [3.8, 4) is 11.5 Å². The van der Waals surface area contributed by atoms with Gasteiger partial charge in [0.25, 0.3) is 0 Å². The number of piperidine rings is 1. The van der Waals surface area contributed by atoms with Crippen molar-refractivity contribution in [3.05, 3.63) is 29.8 Å². The molecule has 33 heavy (non-hydrogen) atoms. The van der Waals surface area contributed by atoms with E-state index < -0.39 is 5.97 Å². The second kappa shape index (κ2) is 14.0. The van der Waals surface area contributed by atoms with Crippen LogP contribution in [0.5, 0.6) is 11.5 Å². The normalized spacial score (nSPS) is 21.9. The summed E-state index contributed by atoms with van der Waals surface area (Å²) in [6, 6.07) is 5.90. The molecule has 1 aliphatic heterocycles. The van der Waals surface area contributed by atoms with E-state index in [2.05, 4.69) is 17.1 Å². The number of aliphatic carboxylic acids is 1. The number of methoxy groups -OCH3 is 1. The van der Waals surface area contributed by atoms with Crippen LogP contribution >= 0.6 is 0 Å². The Kier molecular flexibility index (Phi) is 11.7. The fourth-order valence-electron chi connectivity index (χ4n) is 4.42. The summed E-state index contributed by atoms with van der Waals surface area (Å²) < 4.78 is 11.4. The number of amides is 1. The predicted molar refractivity (Wildman–Crippen MR) is 130 cm³/mol. The molecule has 8 heteroatoms. The SMILES string of the molecule is COc1cc(C=CC(=O)N[C@H]2CC[C@H](C)CC2)ccc1OCCN1CCC(C(=O)O)CC1.[Na]. The van der Waals surface area contributed by atoms with E-state index in [4.69, 9.17) is 14.6 Å². The van der Waals surface area contributed by atoms with Gasteiger partial charge < -0.3 is 19.9 Å². The standard InChI is InChI=1S/C25H36N2O5.Na/c1-18-3-7-21(8-4-18)26-24(28)10-6-19-5-9-22(23(17-19)31-2)32-16-15-27-13-11-20(12-14-27)25(29)30;/h5-6,9-10,17-18,20-21H,3-4,7-8,11-16H2,1-2H3,(H,26,28)(H,29,30);/t18-,21-;. The van der Waals surface area contributed by atoms with Gasteiger partial charge in [0.2, 0.25) is 5.91 Å². The molecule has 1 saturated carbocycles. The molecular formula is C25H36N2NaO5. The number of benzene rings is 1. The van der Waals surface area contributed by atoms with Crippen LogP contribution in [0.15, 0.2) is 24.3 Å². The van der Waals surface area contributed by atoms with Crippen LogP contribution in [-0.2, 0) is 9.59 Å². The van der Waals surface area contributed by atoms with E-state index in [0.29, 0.717) is 30.9 Å². The summed E-state index contributed by atoms with van der Waals surface area (Å²) in [5.41, 5.74) is 0.873. The fraction of sp³-hybridized carbons (Fsp3) is 0.600. The second-order valence-corrected chi connectivity index (χ2v) is 9.01. The Morgan fingerprint density at radius 2 is 1.82 bits per heavy atom. The van der Waals surface area contributed by atoms with Crippen molar-refractivity contribution in [2.24, 2.45) is 11.8 Å². The minimum Gasteiger partial charge on any atom is -0.493 e. The third kappa shape index (κ3) is 8.96. The first-order valence-corrected chi connectivity index (χ1v) is 11.7. The third-order valence-electron chi connectivity index (χ3n) is 6.58. The van der Waals surface area contributed by atoms with Crippen molar-refractivity contribution in [2.75, 3.05) is 33.4 Å². The first kappa shape index (κ1) is 27.7. The number of hydrogen-bond acceptors (Lipinski definition) is 5. The van der Waals surface area contributed by atoms with Crippen molar-refractivity contribution in [2.45, 2.75) is 51.5 Å². The number of likely N-dealkylation sites (tertiary alicyclic amines) is 1. The molecule has 3 rings (SSSR count). The van der Waals surface area contributed by atoms with Crippen molar-refractivity contribution in [1.29, 1.82) is 0 Å². The molecule has 7 nitrogen and oxygen atoms in total. The number of carboxylic acids is 1. The summed E-state index contributed by atoms with van der Waals surface area (Å²) in [7, 11) is 1.60. The minimum absolute atomic E-state index is 0. The number of carbonyl (C=O) groups excluding carboxylic acids is 1. The molecule has 177 valence electrons. The molecule has 0 spiro atoms. The first-order valence-electron chi connectivity index (χ1n) is 11.7. The molecule has 0 aromatic heterocycles. The fourth-order valence-corrected chi connectivity index (χ4v) is 4.42. The van der Waals surface area contributed by atoms with Crippen LogP contribution in [-0.4, -0.2) is 90.8 Å². The van der Waals surface area contributed by atoms with Gasteiger partial charge in [0.05, 0.1) is 13.0 Å². The van der Waals surface area contributed by atoms with Gasteiger partial charge in [-0.2, -0.15) is 0 Å². The maximum Gasteiger partial charge on any atom is 0.306 e. The quantitative estimate of drug-likeness (QED) is 0.428. The molecule has 2 N–H and O–H groups in total. The van der Waals surface area contributed by atoms with Crippen LogP contribution in [0.2, 0.25) is 0 Å². The number of ether oxygens (including phenoxy) is 2. The van der Waals surface area contributed by atoms with Crippen molar-refractivity contribution < 1.29 is 24.2 Å². The molecule has 0 atom stereocenters.